The summed E-state index contributed by atoms with van der Waals surface area (Å²) in [6, 6.07) is 6.97. The van der Waals surface area contributed by atoms with Crippen LogP contribution in [0.4, 0.5) is 0 Å². The molecule has 6 heteroatoms. The Morgan fingerprint density at radius 2 is 2.09 bits per heavy atom. The van der Waals surface area contributed by atoms with Gasteiger partial charge in [0.1, 0.15) is 17.2 Å². The van der Waals surface area contributed by atoms with Crippen molar-refractivity contribution in [3.8, 4) is 0 Å². The number of rotatable bonds is 6. The first kappa shape index (κ1) is 16.6. The number of carbonyl (C=O) groups excluding carboxylic acids is 1. The molecule has 0 aliphatic heterocycles. The molecule has 0 saturated carbocycles. The van der Waals surface area contributed by atoms with E-state index in [-0.39, 0.29) is 12.0 Å². The summed E-state index contributed by atoms with van der Waals surface area (Å²) >= 11 is 1.52. The first-order chi connectivity index (χ1) is 10.5. The third kappa shape index (κ3) is 4.13. The fourth-order valence-corrected chi connectivity index (χ4v) is 2.75. The van der Waals surface area contributed by atoms with Gasteiger partial charge >= 0.3 is 0 Å². The van der Waals surface area contributed by atoms with Crippen molar-refractivity contribution in [3.63, 3.8) is 0 Å². The molecule has 1 amide bonds. The van der Waals surface area contributed by atoms with Crippen LogP contribution < -0.4 is 11.1 Å². The molecule has 1 aromatic carbocycles. The van der Waals surface area contributed by atoms with Crippen molar-refractivity contribution in [1.82, 2.24) is 10.3 Å². The number of carbonyl (C=O) groups is 1. The zero-order chi connectivity index (χ0) is 16.1. The average Bonchev–Trinajstić information content (AvgIpc) is 3.00. The Labute approximate surface area is 134 Å². The molecule has 5 nitrogen and oxygen atoms in total. The first-order valence-corrected chi connectivity index (χ1v) is 7.96. The lowest BCUT2D eigenvalue weighted by Crippen LogP contribution is -2.33. The van der Waals surface area contributed by atoms with Gasteiger partial charge < -0.3 is 15.8 Å². The van der Waals surface area contributed by atoms with Crippen LogP contribution in [-0.2, 0) is 16.1 Å². The number of nitrogens with zero attached hydrogens (tertiary/aromatic N) is 1. The van der Waals surface area contributed by atoms with Gasteiger partial charge in [0.15, 0.2) is 0 Å². The second kappa shape index (κ2) is 7.49. The minimum Gasteiger partial charge on any atom is -0.375 e. The van der Waals surface area contributed by atoms with Crippen LogP contribution in [0.1, 0.15) is 40.9 Å². The van der Waals surface area contributed by atoms with Crippen LogP contribution in [0, 0.1) is 6.92 Å². The van der Waals surface area contributed by atoms with Crippen LogP contribution in [0.15, 0.2) is 29.6 Å². The molecule has 118 valence electrons. The van der Waals surface area contributed by atoms with Crippen LogP contribution in [0.3, 0.4) is 0 Å². The number of hydrogen-bond donors (Lipinski definition) is 2. The number of amides is 1. The lowest BCUT2D eigenvalue weighted by molar-refractivity contribution is -0.122. The van der Waals surface area contributed by atoms with Crippen LogP contribution in [0.2, 0.25) is 0 Å². The molecule has 1 heterocycles. The number of thiazole rings is 1. The Bertz CT molecular complexity index is 625. The predicted octanol–water partition coefficient (Wildman–Crippen LogP) is 2.48. The number of aryl methyl sites for hydroxylation is 1. The molecule has 1 aromatic heterocycles. The largest absolute Gasteiger partial charge is 0.375 e. The molecule has 3 N–H and O–H groups in total. The number of ether oxygens (including phenoxy) is 1. The highest BCUT2D eigenvalue weighted by atomic mass is 32.1. The molecule has 2 unspecified atom stereocenters. The molecule has 22 heavy (non-hydrogen) atoms. The second-order valence-corrected chi connectivity index (χ2v) is 6.05. The standard InChI is InChI=1S/C16H21N3O2S/c1-10-4-6-12(7-5-10)14(17)15(20)18-8-13-9-22-16(19-13)11(2)21-3/h4-7,9,11,14H,8,17H2,1-3H3,(H,18,20). The molecule has 2 aromatic rings. The summed E-state index contributed by atoms with van der Waals surface area (Å²) in [7, 11) is 1.65. The van der Waals surface area contributed by atoms with Gasteiger partial charge in [-0.3, -0.25) is 4.79 Å². The summed E-state index contributed by atoms with van der Waals surface area (Å²) < 4.78 is 5.22. The Morgan fingerprint density at radius 3 is 2.73 bits per heavy atom. The van der Waals surface area contributed by atoms with Gasteiger partial charge in [0.25, 0.3) is 0 Å². The van der Waals surface area contributed by atoms with Crippen molar-refractivity contribution in [2.45, 2.75) is 32.5 Å². The number of aromatic nitrogens is 1. The zero-order valence-electron chi connectivity index (χ0n) is 13.0. The van der Waals surface area contributed by atoms with Crippen molar-refractivity contribution >= 4 is 17.2 Å². The van der Waals surface area contributed by atoms with Crippen molar-refractivity contribution < 1.29 is 9.53 Å². The van der Waals surface area contributed by atoms with Gasteiger partial charge in [0, 0.05) is 12.5 Å². The van der Waals surface area contributed by atoms with Gasteiger partial charge in [0.05, 0.1) is 12.2 Å². The van der Waals surface area contributed by atoms with Gasteiger partial charge in [0.2, 0.25) is 5.91 Å². The number of hydrogen-bond acceptors (Lipinski definition) is 5. The molecule has 0 aliphatic carbocycles. The number of nitrogens with two attached hydrogens (primary N) is 1. The van der Waals surface area contributed by atoms with E-state index in [1.165, 1.54) is 11.3 Å². The highest BCUT2D eigenvalue weighted by molar-refractivity contribution is 7.09. The Hall–Kier alpha value is -1.76. The Kier molecular flexibility index (Phi) is 5.65. The van der Waals surface area contributed by atoms with E-state index in [0.717, 1.165) is 21.8 Å². The quantitative estimate of drug-likeness (QED) is 0.857. The van der Waals surface area contributed by atoms with Crippen LogP contribution in [-0.4, -0.2) is 18.0 Å². The summed E-state index contributed by atoms with van der Waals surface area (Å²) in [5.74, 6) is -0.210. The van der Waals surface area contributed by atoms with Gasteiger partial charge in [-0.1, -0.05) is 29.8 Å². The van der Waals surface area contributed by atoms with Gasteiger partial charge in [-0.15, -0.1) is 11.3 Å². The maximum absolute atomic E-state index is 12.1. The predicted molar refractivity (Wildman–Crippen MR) is 87.5 cm³/mol. The second-order valence-electron chi connectivity index (χ2n) is 5.16. The lowest BCUT2D eigenvalue weighted by atomic mass is 10.1. The van der Waals surface area contributed by atoms with Gasteiger partial charge in [-0.2, -0.15) is 0 Å². The number of benzene rings is 1. The van der Waals surface area contributed by atoms with E-state index in [4.69, 9.17) is 10.5 Å². The Balaban J connectivity index is 1.92. The van der Waals surface area contributed by atoms with Crippen molar-refractivity contribution in [2.24, 2.45) is 5.73 Å². The molecular weight excluding hydrogens is 298 g/mol. The number of nitrogens with one attached hydrogen (secondary N) is 1. The molecule has 0 fully saturated rings. The first-order valence-electron chi connectivity index (χ1n) is 7.08. The molecule has 0 bridgehead atoms. The molecule has 0 spiro atoms. The third-order valence-corrected chi connectivity index (χ3v) is 4.49. The van der Waals surface area contributed by atoms with Crippen LogP contribution >= 0.6 is 11.3 Å². The Morgan fingerprint density at radius 1 is 1.41 bits per heavy atom. The molecule has 2 atom stereocenters. The minimum atomic E-state index is -0.670. The maximum atomic E-state index is 12.1. The van der Waals surface area contributed by atoms with Crippen molar-refractivity contribution in [2.75, 3.05) is 7.11 Å². The highest BCUT2D eigenvalue weighted by Gasteiger charge is 2.16. The fraction of sp³-hybridized carbons (Fsp3) is 0.375. The van der Waals surface area contributed by atoms with Gasteiger partial charge in [-0.05, 0) is 19.4 Å². The normalized spacial score (nSPS) is 13.6. The zero-order valence-corrected chi connectivity index (χ0v) is 13.8. The van der Waals surface area contributed by atoms with Crippen LogP contribution in [0.5, 0.6) is 0 Å². The van der Waals surface area contributed by atoms with E-state index in [9.17, 15) is 4.79 Å². The molecule has 0 radical (unpaired) electrons. The van der Waals surface area contributed by atoms with E-state index in [1.54, 1.807) is 7.11 Å². The van der Waals surface area contributed by atoms with E-state index in [1.807, 2.05) is 43.5 Å². The summed E-state index contributed by atoms with van der Waals surface area (Å²) in [4.78, 5) is 16.5. The average molecular weight is 319 g/mol. The molecule has 2 rings (SSSR count). The summed E-state index contributed by atoms with van der Waals surface area (Å²) in [6.45, 7) is 4.30. The monoisotopic (exact) mass is 319 g/mol. The molecular formula is C16H21N3O2S. The maximum Gasteiger partial charge on any atom is 0.241 e. The molecule has 0 aliphatic rings. The molecule has 0 saturated heterocycles. The van der Waals surface area contributed by atoms with E-state index in [0.29, 0.717) is 6.54 Å². The van der Waals surface area contributed by atoms with Crippen molar-refractivity contribution in [1.29, 1.82) is 0 Å². The van der Waals surface area contributed by atoms with E-state index < -0.39 is 6.04 Å². The third-order valence-electron chi connectivity index (χ3n) is 3.43. The minimum absolute atomic E-state index is 0.0377. The van der Waals surface area contributed by atoms with E-state index >= 15 is 0 Å². The number of methoxy groups -OCH3 is 1. The van der Waals surface area contributed by atoms with E-state index in [2.05, 4.69) is 10.3 Å². The van der Waals surface area contributed by atoms with Gasteiger partial charge in [-0.25, -0.2) is 4.98 Å². The lowest BCUT2D eigenvalue weighted by Gasteiger charge is -2.12. The SMILES string of the molecule is COC(C)c1nc(CNC(=O)C(N)c2ccc(C)cc2)cs1. The fourth-order valence-electron chi connectivity index (χ4n) is 1.90. The summed E-state index contributed by atoms with van der Waals surface area (Å²) in [5, 5.41) is 5.64. The highest BCUT2D eigenvalue weighted by Crippen LogP contribution is 2.20. The van der Waals surface area contributed by atoms with Crippen molar-refractivity contribution in [3.05, 3.63) is 51.5 Å². The smallest absolute Gasteiger partial charge is 0.241 e. The summed E-state index contributed by atoms with van der Waals surface area (Å²) in [5.41, 5.74) is 8.73. The van der Waals surface area contributed by atoms with Crippen LogP contribution in [0.25, 0.3) is 0 Å². The summed E-state index contributed by atoms with van der Waals surface area (Å²) in [6.07, 6.45) is -0.0377. The topological polar surface area (TPSA) is 77.2 Å².